The maximum atomic E-state index is 12.6. The molecule has 146 valence electrons. The summed E-state index contributed by atoms with van der Waals surface area (Å²) in [5.74, 6) is -0.0161. The Balaban J connectivity index is 1.34. The van der Waals surface area contributed by atoms with E-state index in [1.54, 1.807) is 4.90 Å². The molecule has 3 fully saturated rings. The third kappa shape index (κ3) is 3.87. The summed E-state index contributed by atoms with van der Waals surface area (Å²) in [5, 5.41) is 0. The molecule has 6 nitrogen and oxygen atoms in total. The highest BCUT2D eigenvalue weighted by Gasteiger charge is 2.45. The van der Waals surface area contributed by atoms with E-state index in [9.17, 15) is 9.59 Å². The van der Waals surface area contributed by atoms with Crippen molar-refractivity contribution in [1.82, 2.24) is 19.6 Å². The molecule has 0 saturated carbocycles. The van der Waals surface area contributed by atoms with Gasteiger partial charge in [-0.3, -0.25) is 14.6 Å². The highest BCUT2D eigenvalue weighted by Crippen LogP contribution is 2.27. The van der Waals surface area contributed by atoms with Crippen LogP contribution in [0, 0.1) is 0 Å². The minimum absolute atomic E-state index is 0.0161. The Bertz CT molecular complexity index is 658. The number of amides is 3. The molecule has 27 heavy (non-hydrogen) atoms. The van der Waals surface area contributed by atoms with E-state index in [1.807, 2.05) is 0 Å². The second kappa shape index (κ2) is 7.98. The van der Waals surface area contributed by atoms with Crippen LogP contribution in [0.4, 0.5) is 4.79 Å². The first kappa shape index (κ1) is 18.4. The van der Waals surface area contributed by atoms with E-state index >= 15 is 0 Å². The number of piperidine rings is 1. The Hall–Kier alpha value is -1.92. The Morgan fingerprint density at radius 2 is 1.48 bits per heavy atom. The van der Waals surface area contributed by atoms with Gasteiger partial charge in [0.2, 0.25) is 0 Å². The molecule has 3 aliphatic rings. The van der Waals surface area contributed by atoms with Crippen LogP contribution < -0.4 is 0 Å². The molecule has 1 atom stereocenters. The van der Waals surface area contributed by atoms with Crippen molar-refractivity contribution in [2.24, 2.45) is 0 Å². The number of piperazine rings is 1. The summed E-state index contributed by atoms with van der Waals surface area (Å²) >= 11 is 0. The topological polar surface area (TPSA) is 47.1 Å². The first-order chi connectivity index (χ1) is 13.2. The summed E-state index contributed by atoms with van der Waals surface area (Å²) in [7, 11) is 0. The fraction of sp³-hybridized carbons (Fsp3) is 0.619. The maximum absolute atomic E-state index is 12.6. The molecular formula is C21H30N4O2. The molecule has 0 radical (unpaired) electrons. The lowest BCUT2D eigenvalue weighted by atomic mass is 10.0. The summed E-state index contributed by atoms with van der Waals surface area (Å²) in [6, 6.07) is 8.08. The van der Waals surface area contributed by atoms with Gasteiger partial charge in [0.05, 0.1) is 6.54 Å². The van der Waals surface area contributed by atoms with Gasteiger partial charge in [-0.05, 0) is 36.9 Å². The lowest BCUT2D eigenvalue weighted by molar-refractivity contribution is -0.129. The number of imide groups is 1. The Morgan fingerprint density at radius 3 is 2.11 bits per heavy atom. The molecule has 6 heteroatoms. The van der Waals surface area contributed by atoms with Crippen molar-refractivity contribution in [3.63, 3.8) is 0 Å². The van der Waals surface area contributed by atoms with E-state index in [0.29, 0.717) is 6.54 Å². The van der Waals surface area contributed by atoms with Gasteiger partial charge in [-0.1, -0.05) is 31.2 Å². The number of hydrogen-bond acceptors (Lipinski definition) is 4. The van der Waals surface area contributed by atoms with Gasteiger partial charge in [-0.25, -0.2) is 4.79 Å². The number of nitrogens with zero attached hydrogens (tertiary/aromatic N) is 4. The predicted octanol–water partition coefficient (Wildman–Crippen LogP) is 2.14. The van der Waals surface area contributed by atoms with E-state index in [2.05, 4.69) is 41.0 Å². The number of carbonyl (C=O) groups excluding carboxylic acids is 2. The van der Waals surface area contributed by atoms with E-state index < -0.39 is 0 Å². The zero-order valence-corrected chi connectivity index (χ0v) is 16.3. The highest BCUT2D eigenvalue weighted by molar-refractivity contribution is 6.04. The molecule has 0 N–H and O–H groups in total. The van der Waals surface area contributed by atoms with E-state index in [-0.39, 0.29) is 18.0 Å². The van der Waals surface area contributed by atoms with Crippen molar-refractivity contribution in [1.29, 1.82) is 0 Å². The van der Waals surface area contributed by atoms with Crippen molar-refractivity contribution in [3.8, 4) is 0 Å². The second-order valence-electron chi connectivity index (χ2n) is 7.94. The summed E-state index contributed by atoms with van der Waals surface area (Å²) in [5.41, 5.74) is 2.32. The highest BCUT2D eigenvalue weighted by atomic mass is 16.2. The number of hydrogen-bond donors (Lipinski definition) is 0. The molecule has 3 aliphatic heterocycles. The first-order valence-corrected chi connectivity index (χ1v) is 10.3. The molecule has 0 aromatic heterocycles. The van der Waals surface area contributed by atoms with Crippen LogP contribution in [0.3, 0.4) is 0 Å². The summed E-state index contributed by atoms with van der Waals surface area (Å²) in [6.07, 6.45) is 2.85. The first-order valence-electron chi connectivity index (χ1n) is 10.3. The summed E-state index contributed by atoms with van der Waals surface area (Å²) in [6.45, 7) is 9.94. The number of likely N-dealkylation sites (N-methyl/N-ethyl adjacent to an activating group) is 1. The molecule has 1 aromatic carbocycles. The minimum Gasteiger partial charge on any atom is -0.312 e. The molecule has 0 unspecified atom stereocenters. The van der Waals surface area contributed by atoms with Crippen molar-refractivity contribution in [2.45, 2.75) is 45.3 Å². The van der Waals surface area contributed by atoms with Gasteiger partial charge >= 0.3 is 6.03 Å². The smallest absolute Gasteiger partial charge is 0.312 e. The predicted molar refractivity (Wildman–Crippen MR) is 104 cm³/mol. The van der Waals surface area contributed by atoms with Gasteiger partial charge in [-0.15, -0.1) is 0 Å². The Labute approximate surface area is 161 Å². The van der Waals surface area contributed by atoms with E-state index in [4.69, 9.17) is 0 Å². The molecule has 3 amide bonds. The van der Waals surface area contributed by atoms with Crippen molar-refractivity contribution >= 4 is 11.9 Å². The van der Waals surface area contributed by atoms with E-state index in [0.717, 1.165) is 70.6 Å². The molecule has 3 heterocycles. The number of rotatable bonds is 5. The van der Waals surface area contributed by atoms with Crippen LogP contribution in [0.25, 0.3) is 0 Å². The van der Waals surface area contributed by atoms with Crippen LogP contribution in [0.5, 0.6) is 0 Å². The number of benzene rings is 1. The number of carbonyl (C=O) groups is 2. The molecular weight excluding hydrogens is 340 g/mol. The Morgan fingerprint density at radius 1 is 0.852 bits per heavy atom. The summed E-state index contributed by atoms with van der Waals surface area (Å²) < 4.78 is 0. The zero-order chi connectivity index (χ0) is 18.8. The van der Waals surface area contributed by atoms with Crippen LogP contribution in [0.1, 0.15) is 37.3 Å². The van der Waals surface area contributed by atoms with Gasteiger partial charge < -0.3 is 9.80 Å². The quantitative estimate of drug-likeness (QED) is 0.745. The lowest BCUT2D eigenvalue weighted by Gasteiger charge is -2.34. The van der Waals surface area contributed by atoms with Gasteiger partial charge in [0.25, 0.3) is 5.91 Å². The molecule has 1 aromatic rings. The minimum atomic E-state index is -0.215. The SMILES string of the molecule is CCN1CCN(Cc2ccc(CN3C(=O)[C@H]4CCCCN4C3=O)cc2)CC1. The third-order valence-electron chi connectivity index (χ3n) is 6.21. The van der Waals surface area contributed by atoms with E-state index in [1.165, 1.54) is 10.5 Å². The lowest BCUT2D eigenvalue weighted by Crippen LogP contribution is -2.45. The normalized spacial score (nSPS) is 24.6. The average Bonchev–Trinajstić information content (AvgIpc) is 2.95. The van der Waals surface area contributed by atoms with Gasteiger partial charge in [0.1, 0.15) is 6.04 Å². The monoisotopic (exact) mass is 370 g/mol. The van der Waals surface area contributed by atoms with Gasteiger partial charge in [0.15, 0.2) is 0 Å². The van der Waals surface area contributed by atoms with Gasteiger partial charge in [0, 0.05) is 39.3 Å². The molecule has 0 aliphatic carbocycles. The fourth-order valence-electron chi connectivity index (χ4n) is 4.45. The summed E-state index contributed by atoms with van der Waals surface area (Å²) in [4.78, 5) is 33.3. The molecule has 4 rings (SSSR count). The van der Waals surface area contributed by atoms with Crippen molar-refractivity contribution in [2.75, 3.05) is 39.3 Å². The third-order valence-corrected chi connectivity index (χ3v) is 6.21. The van der Waals surface area contributed by atoms with Crippen LogP contribution in [0.15, 0.2) is 24.3 Å². The van der Waals surface area contributed by atoms with Crippen LogP contribution in [-0.4, -0.2) is 76.8 Å². The second-order valence-corrected chi connectivity index (χ2v) is 7.94. The molecule has 3 saturated heterocycles. The number of urea groups is 1. The van der Waals surface area contributed by atoms with Crippen LogP contribution in [0.2, 0.25) is 0 Å². The van der Waals surface area contributed by atoms with Crippen molar-refractivity contribution < 1.29 is 9.59 Å². The molecule has 0 spiro atoms. The standard InChI is InChI=1S/C21H30N4O2/c1-2-22-11-13-23(14-12-22)15-17-6-8-18(9-7-17)16-25-20(26)19-5-3-4-10-24(19)21(25)27/h6-9,19H,2-5,10-16H2,1H3/t19-/m1/s1. The Kier molecular flexibility index (Phi) is 5.45. The van der Waals surface area contributed by atoms with Crippen molar-refractivity contribution in [3.05, 3.63) is 35.4 Å². The molecule has 0 bridgehead atoms. The van der Waals surface area contributed by atoms with Crippen LogP contribution >= 0.6 is 0 Å². The largest absolute Gasteiger partial charge is 0.327 e. The van der Waals surface area contributed by atoms with Gasteiger partial charge in [-0.2, -0.15) is 0 Å². The number of fused-ring (bicyclic) bond motifs is 1. The average molecular weight is 370 g/mol. The zero-order valence-electron chi connectivity index (χ0n) is 16.3. The fourth-order valence-corrected chi connectivity index (χ4v) is 4.45. The van der Waals surface area contributed by atoms with Crippen LogP contribution in [-0.2, 0) is 17.9 Å². The maximum Gasteiger partial charge on any atom is 0.327 e.